The molecule has 1 aromatic carbocycles. The number of aromatic amines is 1. The van der Waals surface area contributed by atoms with E-state index < -0.39 is 0 Å². The van der Waals surface area contributed by atoms with Crippen molar-refractivity contribution < 1.29 is 4.39 Å². The van der Waals surface area contributed by atoms with Crippen LogP contribution in [0.5, 0.6) is 0 Å². The molecule has 0 radical (unpaired) electrons. The Bertz CT molecular complexity index is 675. The fourth-order valence-electron chi connectivity index (χ4n) is 1.95. The zero-order valence-corrected chi connectivity index (χ0v) is 9.65. The van der Waals surface area contributed by atoms with Crippen molar-refractivity contribution in [1.29, 1.82) is 0 Å². The summed E-state index contributed by atoms with van der Waals surface area (Å²) >= 11 is 0. The van der Waals surface area contributed by atoms with Gasteiger partial charge < -0.3 is 10.3 Å². The second-order valence-corrected chi connectivity index (χ2v) is 4.08. The van der Waals surface area contributed by atoms with E-state index in [0.29, 0.717) is 6.54 Å². The van der Waals surface area contributed by atoms with E-state index in [1.807, 2.05) is 24.4 Å². The lowest BCUT2D eigenvalue weighted by Crippen LogP contribution is -1.98. The van der Waals surface area contributed by atoms with Crippen LogP contribution >= 0.6 is 0 Å². The number of fused-ring (bicyclic) bond motifs is 1. The molecule has 0 aliphatic rings. The predicted octanol–water partition coefficient (Wildman–Crippen LogP) is 3.31. The van der Waals surface area contributed by atoms with Gasteiger partial charge in [0.2, 0.25) is 0 Å². The van der Waals surface area contributed by atoms with E-state index in [4.69, 9.17) is 0 Å². The van der Waals surface area contributed by atoms with Crippen LogP contribution in [0.1, 0.15) is 5.56 Å². The summed E-state index contributed by atoms with van der Waals surface area (Å²) in [5.41, 5.74) is 2.75. The van der Waals surface area contributed by atoms with Crippen molar-refractivity contribution in [3.63, 3.8) is 0 Å². The highest BCUT2D eigenvalue weighted by Gasteiger charge is 2.03. The van der Waals surface area contributed by atoms with Gasteiger partial charge in [-0.05, 0) is 35.9 Å². The van der Waals surface area contributed by atoms with E-state index >= 15 is 0 Å². The summed E-state index contributed by atoms with van der Waals surface area (Å²) in [4.78, 5) is 7.34. The lowest BCUT2D eigenvalue weighted by molar-refractivity contribution is 0.628. The van der Waals surface area contributed by atoms with Crippen LogP contribution in [-0.2, 0) is 6.54 Å². The van der Waals surface area contributed by atoms with Gasteiger partial charge in [-0.3, -0.25) is 0 Å². The predicted molar refractivity (Wildman–Crippen MR) is 69.8 cm³/mol. The van der Waals surface area contributed by atoms with Crippen molar-refractivity contribution in [2.24, 2.45) is 0 Å². The van der Waals surface area contributed by atoms with E-state index in [9.17, 15) is 4.39 Å². The number of rotatable bonds is 3. The monoisotopic (exact) mass is 241 g/mol. The van der Waals surface area contributed by atoms with Crippen LogP contribution in [0.25, 0.3) is 11.0 Å². The first-order chi connectivity index (χ1) is 8.83. The molecule has 0 saturated carbocycles. The molecule has 90 valence electrons. The van der Waals surface area contributed by atoms with Crippen molar-refractivity contribution in [1.82, 2.24) is 9.97 Å². The van der Waals surface area contributed by atoms with Crippen LogP contribution in [-0.4, -0.2) is 9.97 Å². The maximum absolute atomic E-state index is 13.0. The third-order valence-corrected chi connectivity index (χ3v) is 2.84. The van der Waals surface area contributed by atoms with Gasteiger partial charge in [-0.2, -0.15) is 0 Å². The minimum absolute atomic E-state index is 0.236. The lowest BCUT2D eigenvalue weighted by Gasteiger charge is -2.05. The van der Waals surface area contributed by atoms with E-state index in [1.165, 1.54) is 12.1 Å². The summed E-state index contributed by atoms with van der Waals surface area (Å²) in [6.45, 7) is 0.634. The minimum atomic E-state index is -0.236. The highest BCUT2D eigenvalue weighted by Crippen LogP contribution is 2.17. The van der Waals surface area contributed by atoms with E-state index in [2.05, 4.69) is 15.3 Å². The Balaban J connectivity index is 1.81. The topological polar surface area (TPSA) is 40.7 Å². The summed E-state index contributed by atoms with van der Waals surface area (Å²) < 4.78 is 13.0. The second-order valence-electron chi connectivity index (χ2n) is 4.08. The Hall–Kier alpha value is -2.36. The van der Waals surface area contributed by atoms with Gasteiger partial charge in [0.05, 0.1) is 0 Å². The molecule has 3 rings (SSSR count). The van der Waals surface area contributed by atoms with Crippen molar-refractivity contribution >= 4 is 16.7 Å². The number of nitrogens with zero attached hydrogens (tertiary/aromatic N) is 1. The Morgan fingerprint density at radius 1 is 1.22 bits per heavy atom. The first-order valence-electron chi connectivity index (χ1n) is 5.73. The van der Waals surface area contributed by atoms with Gasteiger partial charge >= 0.3 is 0 Å². The van der Waals surface area contributed by atoms with Crippen molar-refractivity contribution in [3.8, 4) is 0 Å². The Labute approximate surface area is 104 Å². The second kappa shape index (κ2) is 4.49. The Morgan fingerprint density at radius 3 is 3.06 bits per heavy atom. The zero-order chi connectivity index (χ0) is 12.4. The number of H-pyrrole nitrogens is 1. The smallest absolute Gasteiger partial charge is 0.137 e. The van der Waals surface area contributed by atoms with Crippen LogP contribution in [0, 0.1) is 5.82 Å². The Morgan fingerprint density at radius 2 is 2.17 bits per heavy atom. The SMILES string of the molecule is Fc1cccc(NCc2c[nH]c3ncccc23)c1. The first kappa shape index (κ1) is 10.8. The van der Waals surface area contributed by atoms with Gasteiger partial charge in [0.25, 0.3) is 0 Å². The first-order valence-corrected chi connectivity index (χ1v) is 5.73. The quantitative estimate of drug-likeness (QED) is 0.738. The maximum Gasteiger partial charge on any atom is 0.137 e. The molecule has 18 heavy (non-hydrogen) atoms. The summed E-state index contributed by atoms with van der Waals surface area (Å²) in [6, 6.07) is 10.4. The Kier molecular flexibility index (Phi) is 2.68. The van der Waals surface area contributed by atoms with Crippen LogP contribution in [0.4, 0.5) is 10.1 Å². The van der Waals surface area contributed by atoms with Crippen LogP contribution in [0.3, 0.4) is 0 Å². The molecule has 0 aliphatic carbocycles. The number of anilines is 1. The molecule has 0 aliphatic heterocycles. The van der Waals surface area contributed by atoms with E-state index in [-0.39, 0.29) is 5.82 Å². The van der Waals surface area contributed by atoms with Gasteiger partial charge in [0.15, 0.2) is 0 Å². The molecule has 0 amide bonds. The number of hydrogen-bond acceptors (Lipinski definition) is 2. The molecule has 0 unspecified atom stereocenters. The van der Waals surface area contributed by atoms with Crippen molar-refractivity contribution in [3.05, 3.63) is 60.2 Å². The molecule has 0 saturated heterocycles. The normalized spacial score (nSPS) is 10.7. The summed E-state index contributed by atoms with van der Waals surface area (Å²) in [5.74, 6) is -0.236. The van der Waals surface area contributed by atoms with Crippen LogP contribution in [0.15, 0.2) is 48.8 Å². The van der Waals surface area contributed by atoms with Crippen LogP contribution < -0.4 is 5.32 Å². The molecule has 2 aromatic heterocycles. The number of nitrogens with one attached hydrogen (secondary N) is 2. The maximum atomic E-state index is 13.0. The van der Waals surface area contributed by atoms with Crippen LogP contribution in [0.2, 0.25) is 0 Å². The van der Waals surface area contributed by atoms with Crippen molar-refractivity contribution in [2.75, 3.05) is 5.32 Å². The van der Waals surface area contributed by atoms with Gasteiger partial charge in [-0.25, -0.2) is 9.37 Å². The molecule has 0 spiro atoms. The zero-order valence-electron chi connectivity index (χ0n) is 9.65. The highest BCUT2D eigenvalue weighted by molar-refractivity contribution is 5.79. The lowest BCUT2D eigenvalue weighted by atomic mass is 10.2. The third kappa shape index (κ3) is 2.05. The minimum Gasteiger partial charge on any atom is -0.381 e. The number of aromatic nitrogens is 2. The van der Waals surface area contributed by atoms with E-state index in [1.54, 1.807) is 12.3 Å². The molecular weight excluding hydrogens is 229 g/mol. The molecule has 0 atom stereocenters. The number of halogens is 1. The third-order valence-electron chi connectivity index (χ3n) is 2.84. The molecule has 4 heteroatoms. The average Bonchev–Trinajstić information content (AvgIpc) is 2.80. The average molecular weight is 241 g/mol. The molecule has 2 N–H and O–H groups in total. The van der Waals surface area contributed by atoms with Gasteiger partial charge in [0, 0.05) is 30.0 Å². The number of benzene rings is 1. The highest BCUT2D eigenvalue weighted by atomic mass is 19.1. The molecular formula is C14H12FN3. The van der Waals surface area contributed by atoms with Crippen molar-refractivity contribution in [2.45, 2.75) is 6.54 Å². The van der Waals surface area contributed by atoms with E-state index in [0.717, 1.165) is 22.3 Å². The molecule has 0 bridgehead atoms. The van der Waals surface area contributed by atoms with Gasteiger partial charge in [0.1, 0.15) is 11.5 Å². The summed E-state index contributed by atoms with van der Waals surface area (Å²) in [7, 11) is 0. The number of pyridine rings is 1. The molecule has 3 aromatic rings. The fraction of sp³-hybridized carbons (Fsp3) is 0.0714. The molecule has 3 nitrogen and oxygen atoms in total. The largest absolute Gasteiger partial charge is 0.381 e. The summed E-state index contributed by atoms with van der Waals surface area (Å²) in [6.07, 6.45) is 3.67. The fourth-order valence-corrected chi connectivity index (χ4v) is 1.95. The number of hydrogen-bond donors (Lipinski definition) is 2. The standard InChI is InChI=1S/C14H12FN3/c15-11-3-1-4-12(7-11)17-8-10-9-18-14-13(10)5-2-6-16-14/h1-7,9,17H,8H2,(H,16,18). The van der Waals surface area contributed by atoms with Gasteiger partial charge in [-0.15, -0.1) is 0 Å². The van der Waals surface area contributed by atoms with Gasteiger partial charge in [-0.1, -0.05) is 6.07 Å². The summed E-state index contributed by atoms with van der Waals surface area (Å²) in [5, 5.41) is 4.28. The molecule has 0 fully saturated rings. The molecule has 2 heterocycles.